The monoisotopic (exact) mass is 311 g/mol. The Morgan fingerprint density at radius 3 is 2.38 bits per heavy atom. The number of para-hydroxylation sites is 1. The molecule has 1 fully saturated rings. The molecule has 1 aromatic rings. The van der Waals surface area contributed by atoms with Crippen molar-refractivity contribution in [2.45, 2.75) is 36.1 Å². The van der Waals surface area contributed by atoms with Crippen molar-refractivity contribution in [1.29, 1.82) is 0 Å². The number of rotatable bonds is 6. The van der Waals surface area contributed by atoms with Gasteiger partial charge in [-0.15, -0.1) is 0 Å². The van der Waals surface area contributed by atoms with E-state index in [4.69, 9.17) is 0 Å². The minimum atomic E-state index is -3.50. The van der Waals surface area contributed by atoms with E-state index in [1.807, 2.05) is 20.2 Å². The average molecular weight is 311 g/mol. The van der Waals surface area contributed by atoms with Gasteiger partial charge in [-0.2, -0.15) is 0 Å². The fourth-order valence-electron chi connectivity index (χ4n) is 3.03. The molecule has 1 aliphatic carbocycles. The first kappa shape index (κ1) is 16.3. The largest absolute Gasteiger partial charge is 0.387 e. The molecule has 0 saturated heterocycles. The third-order valence-electron chi connectivity index (χ3n) is 4.52. The summed E-state index contributed by atoms with van der Waals surface area (Å²) in [5, 5.41) is 2.93. The molecule has 0 bridgehead atoms. The van der Waals surface area contributed by atoms with Crippen molar-refractivity contribution in [3.05, 3.63) is 24.3 Å². The van der Waals surface area contributed by atoms with Crippen LogP contribution in [-0.4, -0.2) is 46.5 Å². The Kier molecular flexibility index (Phi) is 4.91. The zero-order valence-electron chi connectivity index (χ0n) is 13.0. The lowest BCUT2D eigenvalue weighted by Crippen LogP contribution is -2.50. The molecule has 0 unspecified atom stereocenters. The van der Waals surface area contributed by atoms with Gasteiger partial charge in [-0.05, 0) is 39.1 Å². The number of anilines is 1. The van der Waals surface area contributed by atoms with Gasteiger partial charge in [-0.25, -0.2) is 13.1 Å². The Morgan fingerprint density at radius 2 is 1.81 bits per heavy atom. The maximum absolute atomic E-state index is 12.6. The predicted molar refractivity (Wildman–Crippen MR) is 86.1 cm³/mol. The Balaban J connectivity index is 2.18. The van der Waals surface area contributed by atoms with Gasteiger partial charge in [-0.1, -0.05) is 25.0 Å². The molecule has 0 radical (unpaired) electrons. The first-order valence-electron chi connectivity index (χ1n) is 7.35. The molecule has 0 aliphatic heterocycles. The summed E-state index contributed by atoms with van der Waals surface area (Å²) in [6.07, 6.45) is 4.40. The molecule has 0 amide bonds. The molecule has 0 atom stereocenters. The van der Waals surface area contributed by atoms with Gasteiger partial charge in [0.15, 0.2) is 0 Å². The minimum Gasteiger partial charge on any atom is -0.387 e. The SMILES string of the molecule is CNc1ccccc1S(=O)(=O)NCC1(N(C)C)CCCC1. The molecule has 118 valence electrons. The van der Waals surface area contributed by atoms with Crippen molar-refractivity contribution in [2.24, 2.45) is 0 Å². The zero-order chi connectivity index (χ0) is 15.5. The van der Waals surface area contributed by atoms with Crippen LogP contribution in [0.2, 0.25) is 0 Å². The summed E-state index contributed by atoms with van der Waals surface area (Å²) in [6, 6.07) is 6.97. The number of nitrogens with one attached hydrogen (secondary N) is 2. The molecule has 0 spiro atoms. The van der Waals surface area contributed by atoms with Gasteiger partial charge in [0.2, 0.25) is 10.0 Å². The Hall–Kier alpha value is -1.11. The molecule has 5 nitrogen and oxygen atoms in total. The second-order valence-electron chi connectivity index (χ2n) is 5.90. The molecule has 1 aliphatic rings. The molecule has 2 rings (SSSR count). The van der Waals surface area contributed by atoms with E-state index in [9.17, 15) is 8.42 Å². The van der Waals surface area contributed by atoms with Crippen LogP contribution in [0.4, 0.5) is 5.69 Å². The van der Waals surface area contributed by atoms with Crippen LogP contribution < -0.4 is 10.0 Å². The smallest absolute Gasteiger partial charge is 0.242 e. The number of hydrogen-bond donors (Lipinski definition) is 2. The maximum Gasteiger partial charge on any atom is 0.242 e. The quantitative estimate of drug-likeness (QED) is 0.842. The Bertz CT molecular complexity index is 578. The van der Waals surface area contributed by atoms with Crippen molar-refractivity contribution >= 4 is 15.7 Å². The first-order chi connectivity index (χ1) is 9.91. The molecule has 21 heavy (non-hydrogen) atoms. The number of sulfonamides is 1. The summed E-state index contributed by atoms with van der Waals surface area (Å²) >= 11 is 0. The number of hydrogen-bond acceptors (Lipinski definition) is 4. The van der Waals surface area contributed by atoms with E-state index < -0.39 is 10.0 Å². The third kappa shape index (κ3) is 3.39. The molecule has 0 heterocycles. The Labute approximate surface area is 127 Å². The molecule has 6 heteroatoms. The fourth-order valence-corrected chi connectivity index (χ4v) is 4.36. The lowest BCUT2D eigenvalue weighted by atomic mass is 9.97. The summed E-state index contributed by atoms with van der Waals surface area (Å²) in [5.74, 6) is 0. The summed E-state index contributed by atoms with van der Waals surface area (Å²) in [5.41, 5.74) is 0.567. The van der Waals surface area contributed by atoms with Crippen LogP contribution in [0.5, 0.6) is 0 Å². The van der Waals surface area contributed by atoms with E-state index in [1.165, 1.54) is 0 Å². The summed E-state index contributed by atoms with van der Waals surface area (Å²) in [6.45, 7) is 0.459. The van der Waals surface area contributed by atoms with E-state index in [0.717, 1.165) is 25.7 Å². The highest BCUT2D eigenvalue weighted by molar-refractivity contribution is 7.89. The fraction of sp³-hybridized carbons (Fsp3) is 0.600. The standard InChI is InChI=1S/C15H25N3O2S/c1-16-13-8-4-5-9-14(13)21(19,20)17-12-15(18(2)3)10-6-7-11-15/h4-5,8-9,16-17H,6-7,10-12H2,1-3H3. The zero-order valence-corrected chi connectivity index (χ0v) is 13.8. The van der Waals surface area contributed by atoms with Crippen LogP contribution in [0, 0.1) is 0 Å². The first-order valence-corrected chi connectivity index (χ1v) is 8.83. The van der Waals surface area contributed by atoms with Gasteiger partial charge in [0.25, 0.3) is 0 Å². The normalized spacial score (nSPS) is 18.1. The van der Waals surface area contributed by atoms with E-state index in [-0.39, 0.29) is 5.54 Å². The van der Waals surface area contributed by atoms with Crippen molar-refractivity contribution in [2.75, 3.05) is 33.0 Å². The van der Waals surface area contributed by atoms with Gasteiger partial charge >= 0.3 is 0 Å². The van der Waals surface area contributed by atoms with Crippen LogP contribution in [0.15, 0.2) is 29.2 Å². The lowest BCUT2D eigenvalue weighted by molar-refractivity contribution is 0.162. The van der Waals surface area contributed by atoms with E-state index >= 15 is 0 Å². The van der Waals surface area contributed by atoms with E-state index in [0.29, 0.717) is 17.1 Å². The molecule has 1 aromatic carbocycles. The molecule has 2 N–H and O–H groups in total. The summed E-state index contributed by atoms with van der Waals surface area (Å²) in [7, 11) is 2.29. The van der Waals surface area contributed by atoms with Crippen LogP contribution >= 0.6 is 0 Å². The second-order valence-corrected chi connectivity index (χ2v) is 7.63. The summed E-state index contributed by atoms with van der Waals surface area (Å²) in [4.78, 5) is 2.46. The minimum absolute atomic E-state index is 0.0539. The van der Waals surface area contributed by atoms with E-state index in [2.05, 4.69) is 14.9 Å². The highest BCUT2D eigenvalue weighted by Crippen LogP contribution is 2.33. The van der Waals surface area contributed by atoms with Gasteiger partial charge in [0.1, 0.15) is 4.90 Å². The van der Waals surface area contributed by atoms with E-state index in [1.54, 1.807) is 25.2 Å². The van der Waals surface area contributed by atoms with Crippen LogP contribution in [0.1, 0.15) is 25.7 Å². The lowest BCUT2D eigenvalue weighted by Gasteiger charge is -2.36. The maximum atomic E-state index is 12.6. The predicted octanol–water partition coefficient (Wildman–Crippen LogP) is 1.88. The van der Waals surface area contributed by atoms with Crippen molar-refractivity contribution in [3.8, 4) is 0 Å². The van der Waals surface area contributed by atoms with Crippen molar-refractivity contribution in [3.63, 3.8) is 0 Å². The van der Waals surface area contributed by atoms with Gasteiger partial charge in [-0.3, -0.25) is 0 Å². The van der Waals surface area contributed by atoms with Gasteiger partial charge in [0.05, 0.1) is 5.69 Å². The van der Waals surface area contributed by atoms with Crippen LogP contribution in [0.3, 0.4) is 0 Å². The van der Waals surface area contributed by atoms with Gasteiger partial charge in [0, 0.05) is 19.1 Å². The van der Waals surface area contributed by atoms with Crippen LogP contribution in [0.25, 0.3) is 0 Å². The number of likely N-dealkylation sites (N-methyl/N-ethyl adjacent to an activating group) is 1. The molecular formula is C15H25N3O2S. The summed E-state index contributed by atoms with van der Waals surface area (Å²) < 4.78 is 27.9. The number of benzene rings is 1. The molecule has 0 aromatic heterocycles. The van der Waals surface area contributed by atoms with Crippen molar-refractivity contribution < 1.29 is 8.42 Å². The molecular weight excluding hydrogens is 286 g/mol. The van der Waals surface area contributed by atoms with Crippen molar-refractivity contribution in [1.82, 2.24) is 9.62 Å². The second kappa shape index (κ2) is 6.34. The number of nitrogens with zero attached hydrogens (tertiary/aromatic N) is 1. The highest BCUT2D eigenvalue weighted by atomic mass is 32.2. The Morgan fingerprint density at radius 1 is 1.19 bits per heavy atom. The third-order valence-corrected chi connectivity index (χ3v) is 5.98. The van der Waals surface area contributed by atoms with Gasteiger partial charge < -0.3 is 10.2 Å². The van der Waals surface area contributed by atoms with Crippen LogP contribution in [-0.2, 0) is 10.0 Å². The molecule has 1 saturated carbocycles. The topological polar surface area (TPSA) is 61.4 Å². The average Bonchev–Trinajstić information content (AvgIpc) is 2.95. The highest BCUT2D eigenvalue weighted by Gasteiger charge is 2.37.